The zero-order valence-corrected chi connectivity index (χ0v) is 11.5. The Labute approximate surface area is 117 Å². The fourth-order valence-corrected chi connectivity index (χ4v) is 2.52. The maximum Gasteiger partial charge on any atom is 0.223 e. The number of amides is 1. The normalized spacial score (nSPS) is 14.2. The summed E-state index contributed by atoms with van der Waals surface area (Å²) in [6.07, 6.45) is 1.86. The first-order valence-electron chi connectivity index (χ1n) is 6.86. The van der Waals surface area contributed by atoms with Crippen LogP contribution in [0.25, 0.3) is 0 Å². The predicted octanol–water partition coefficient (Wildman–Crippen LogP) is 1.90. The van der Waals surface area contributed by atoms with Crippen LogP contribution >= 0.6 is 0 Å². The summed E-state index contributed by atoms with van der Waals surface area (Å²) in [7, 11) is 0. The summed E-state index contributed by atoms with van der Waals surface area (Å²) in [5, 5.41) is 7.68. The highest BCUT2D eigenvalue weighted by Gasteiger charge is 2.20. The van der Waals surface area contributed by atoms with Crippen molar-refractivity contribution in [1.82, 2.24) is 15.1 Å². The van der Waals surface area contributed by atoms with E-state index in [0.29, 0.717) is 31.2 Å². The highest BCUT2D eigenvalue weighted by atomic mass is 16.4. The van der Waals surface area contributed by atoms with Gasteiger partial charge < -0.3 is 9.32 Å². The van der Waals surface area contributed by atoms with E-state index in [9.17, 15) is 4.79 Å². The molecule has 0 bridgehead atoms. The summed E-state index contributed by atoms with van der Waals surface area (Å²) in [5.41, 5.74) is 2.60. The Morgan fingerprint density at radius 2 is 2.10 bits per heavy atom. The molecule has 104 valence electrons. The van der Waals surface area contributed by atoms with Crippen molar-refractivity contribution < 1.29 is 9.21 Å². The Bertz CT molecular complexity index is 621. The lowest BCUT2D eigenvalue weighted by Crippen LogP contribution is -2.36. The molecule has 2 heterocycles. The highest BCUT2D eigenvalue weighted by molar-refractivity contribution is 5.76. The van der Waals surface area contributed by atoms with Crippen LogP contribution in [-0.2, 0) is 24.2 Å². The second-order valence-electron chi connectivity index (χ2n) is 5.05. The van der Waals surface area contributed by atoms with Crippen LogP contribution in [0.4, 0.5) is 0 Å². The first-order valence-corrected chi connectivity index (χ1v) is 6.86. The van der Waals surface area contributed by atoms with Gasteiger partial charge in [-0.1, -0.05) is 24.3 Å². The number of aromatic nitrogens is 2. The lowest BCUT2D eigenvalue weighted by atomic mass is 9.99. The molecular formula is C15H17N3O2. The second kappa shape index (κ2) is 5.45. The number of carbonyl (C=O) groups excluding carboxylic acids is 1. The van der Waals surface area contributed by atoms with Crippen molar-refractivity contribution in [3.63, 3.8) is 0 Å². The average molecular weight is 271 g/mol. The molecular weight excluding hydrogens is 254 g/mol. The Morgan fingerprint density at radius 1 is 1.30 bits per heavy atom. The molecule has 20 heavy (non-hydrogen) atoms. The van der Waals surface area contributed by atoms with Gasteiger partial charge in [0.2, 0.25) is 17.7 Å². The van der Waals surface area contributed by atoms with Crippen molar-refractivity contribution in [3.05, 3.63) is 47.2 Å². The van der Waals surface area contributed by atoms with Crippen LogP contribution < -0.4 is 0 Å². The van der Waals surface area contributed by atoms with E-state index < -0.39 is 0 Å². The van der Waals surface area contributed by atoms with Crippen LogP contribution in [0.2, 0.25) is 0 Å². The summed E-state index contributed by atoms with van der Waals surface area (Å²) >= 11 is 0. The standard InChI is InChI=1S/C15H17N3O2/c1-11-16-17-14(20-11)6-7-15(19)18-9-8-12-4-2-3-5-13(12)10-18/h2-5H,6-10H2,1H3. The number of hydrogen-bond donors (Lipinski definition) is 0. The lowest BCUT2D eigenvalue weighted by Gasteiger charge is -2.28. The molecule has 0 unspecified atom stereocenters. The lowest BCUT2D eigenvalue weighted by molar-refractivity contribution is -0.132. The van der Waals surface area contributed by atoms with Crippen molar-refractivity contribution >= 4 is 5.91 Å². The Hall–Kier alpha value is -2.17. The molecule has 2 aromatic rings. The predicted molar refractivity (Wildman–Crippen MR) is 72.9 cm³/mol. The van der Waals surface area contributed by atoms with Gasteiger partial charge in [-0.05, 0) is 17.5 Å². The fraction of sp³-hybridized carbons (Fsp3) is 0.400. The van der Waals surface area contributed by atoms with Gasteiger partial charge >= 0.3 is 0 Å². The van der Waals surface area contributed by atoms with E-state index in [-0.39, 0.29) is 5.91 Å². The molecule has 1 aromatic carbocycles. The van der Waals surface area contributed by atoms with Crippen molar-refractivity contribution in [2.24, 2.45) is 0 Å². The number of hydrogen-bond acceptors (Lipinski definition) is 4. The first kappa shape index (κ1) is 12.8. The number of aryl methyl sites for hydroxylation is 2. The molecule has 0 N–H and O–H groups in total. The SMILES string of the molecule is Cc1nnc(CCC(=O)N2CCc3ccccc3C2)o1. The summed E-state index contributed by atoms with van der Waals surface area (Å²) < 4.78 is 5.28. The molecule has 0 atom stereocenters. The molecule has 3 rings (SSSR count). The van der Waals surface area contributed by atoms with Gasteiger partial charge in [0.1, 0.15) is 0 Å². The molecule has 5 nitrogen and oxygen atoms in total. The van der Waals surface area contributed by atoms with E-state index in [0.717, 1.165) is 13.0 Å². The van der Waals surface area contributed by atoms with Crippen molar-refractivity contribution in [2.75, 3.05) is 6.54 Å². The van der Waals surface area contributed by atoms with Crippen molar-refractivity contribution in [1.29, 1.82) is 0 Å². The molecule has 5 heteroatoms. The number of carbonyl (C=O) groups is 1. The maximum absolute atomic E-state index is 12.2. The summed E-state index contributed by atoms with van der Waals surface area (Å²) in [5.74, 6) is 1.22. The average Bonchev–Trinajstić information content (AvgIpc) is 2.90. The second-order valence-corrected chi connectivity index (χ2v) is 5.05. The minimum atomic E-state index is 0.148. The topological polar surface area (TPSA) is 59.2 Å². The van der Waals surface area contributed by atoms with Gasteiger partial charge in [-0.3, -0.25) is 4.79 Å². The van der Waals surface area contributed by atoms with E-state index >= 15 is 0 Å². The fourth-order valence-electron chi connectivity index (χ4n) is 2.52. The number of nitrogens with zero attached hydrogens (tertiary/aromatic N) is 3. The molecule has 1 amide bonds. The van der Waals surface area contributed by atoms with Crippen molar-refractivity contribution in [3.8, 4) is 0 Å². The van der Waals surface area contributed by atoms with Gasteiger partial charge in [0.25, 0.3) is 0 Å². The summed E-state index contributed by atoms with van der Waals surface area (Å²) in [4.78, 5) is 14.1. The summed E-state index contributed by atoms with van der Waals surface area (Å²) in [6.45, 7) is 3.25. The van der Waals surface area contributed by atoms with Gasteiger partial charge in [0.15, 0.2) is 0 Å². The maximum atomic E-state index is 12.2. The van der Waals surface area contributed by atoms with Crippen LogP contribution in [-0.4, -0.2) is 27.5 Å². The third-order valence-corrected chi connectivity index (χ3v) is 3.60. The molecule has 0 saturated carbocycles. The van der Waals surface area contributed by atoms with E-state index in [1.54, 1.807) is 6.92 Å². The van der Waals surface area contributed by atoms with E-state index in [1.807, 2.05) is 17.0 Å². The van der Waals surface area contributed by atoms with E-state index in [4.69, 9.17) is 4.42 Å². The molecule has 0 radical (unpaired) electrons. The first-order chi connectivity index (χ1) is 9.72. The monoisotopic (exact) mass is 271 g/mol. The number of benzene rings is 1. The molecule has 1 aromatic heterocycles. The molecule has 0 aliphatic carbocycles. The van der Waals surface area contributed by atoms with Gasteiger partial charge in [-0.15, -0.1) is 10.2 Å². The minimum absolute atomic E-state index is 0.148. The van der Waals surface area contributed by atoms with E-state index in [2.05, 4.69) is 22.3 Å². The van der Waals surface area contributed by atoms with Crippen LogP contribution in [0.15, 0.2) is 28.7 Å². The Balaban J connectivity index is 1.59. The summed E-state index contributed by atoms with van der Waals surface area (Å²) in [6, 6.07) is 8.30. The molecule has 1 aliphatic rings. The largest absolute Gasteiger partial charge is 0.426 e. The smallest absolute Gasteiger partial charge is 0.223 e. The van der Waals surface area contributed by atoms with E-state index in [1.165, 1.54) is 11.1 Å². The van der Waals surface area contributed by atoms with Gasteiger partial charge in [-0.2, -0.15) is 0 Å². The molecule has 0 spiro atoms. The Kier molecular flexibility index (Phi) is 3.50. The van der Waals surface area contributed by atoms with Crippen LogP contribution in [0.5, 0.6) is 0 Å². The number of rotatable bonds is 3. The molecule has 0 fully saturated rings. The van der Waals surface area contributed by atoms with Gasteiger partial charge in [0.05, 0.1) is 0 Å². The zero-order chi connectivity index (χ0) is 13.9. The highest BCUT2D eigenvalue weighted by Crippen LogP contribution is 2.19. The van der Waals surface area contributed by atoms with Crippen LogP contribution in [0.1, 0.15) is 29.3 Å². The molecule has 1 aliphatic heterocycles. The minimum Gasteiger partial charge on any atom is -0.426 e. The van der Waals surface area contributed by atoms with Crippen LogP contribution in [0, 0.1) is 6.92 Å². The van der Waals surface area contributed by atoms with Gasteiger partial charge in [-0.25, -0.2) is 0 Å². The quantitative estimate of drug-likeness (QED) is 0.855. The third kappa shape index (κ3) is 2.71. The zero-order valence-electron chi connectivity index (χ0n) is 11.5. The van der Waals surface area contributed by atoms with Gasteiger partial charge in [0, 0.05) is 32.9 Å². The molecule has 0 saturated heterocycles. The number of fused-ring (bicyclic) bond motifs is 1. The van der Waals surface area contributed by atoms with Crippen LogP contribution in [0.3, 0.4) is 0 Å². The third-order valence-electron chi connectivity index (χ3n) is 3.60. The Morgan fingerprint density at radius 3 is 2.85 bits per heavy atom. The van der Waals surface area contributed by atoms with Crippen molar-refractivity contribution in [2.45, 2.75) is 32.7 Å².